The van der Waals surface area contributed by atoms with Gasteiger partial charge in [-0.15, -0.1) is 0 Å². The summed E-state index contributed by atoms with van der Waals surface area (Å²) in [4.78, 5) is 27.4. The van der Waals surface area contributed by atoms with Crippen LogP contribution in [0.3, 0.4) is 0 Å². The zero-order chi connectivity index (χ0) is 47.3. The lowest BCUT2D eigenvalue weighted by Crippen LogP contribution is -2.65. The molecule has 8 aliphatic rings. The van der Waals surface area contributed by atoms with Gasteiger partial charge in [0.05, 0.1) is 36.3 Å². The average molecular weight is 925 g/mol. The van der Waals surface area contributed by atoms with Gasteiger partial charge in [0.15, 0.2) is 12.6 Å². The summed E-state index contributed by atoms with van der Waals surface area (Å²) in [6.45, 7) is 13.3. The van der Waals surface area contributed by atoms with Gasteiger partial charge in [0.25, 0.3) is 0 Å². The Labute approximate surface area is 379 Å². The van der Waals surface area contributed by atoms with E-state index < -0.39 is 128 Å². The summed E-state index contributed by atoms with van der Waals surface area (Å²) in [5.41, 5.74) is -0.278. The minimum absolute atomic E-state index is 0.0385. The summed E-state index contributed by atoms with van der Waals surface area (Å²) < 4.78 is 34.6. The van der Waals surface area contributed by atoms with Gasteiger partial charge in [0.1, 0.15) is 73.4 Å². The molecule has 5 aliphatic carbocycles. The monoisotopic (exact) mass is 924 g/mol. The second-order valence-corrected chi connectivity index (χ2v) is 21.7. The summed E-state index contributed by atoms with van der Waals surface area (Å²) in [5.74, 6) is -0.591. The molecule has 18 heteroatoms. The Bertz CT molecular complexity index is 1830. The summed E-state index contributed by atoms with van der Waals surface area (Å²) >= 11 is 0. The molecular weight excluding hydrogens is 852 g/mol. The second-order valence-electron chi connectivity index (χ2n) is 21.7. The number of carbonyl (C=O) groups excluding carboxylic acids is 2. The van der Waals surface area contributed by atoms with Crippen molar-refractivity contribution in [2.45, 2.75) is 197 Å². The van der Waals surface area contributed by atoms with Crippen LogP contribution >= 0.6 is 0 Å². The lowest BCUT2D eigenvalue weighted by molar-refractivity contribution is -0.361. The highest BCUT2D eigenvalue weighted by Gasteiger charge is 2.70. The van der Waals surface area contributed by atoms with Crippen molar-refractivity contribution in [3.8, 4) is 0 Å². The SMILES string of the molecule is C=C1CC[C@]2(C(=O)O[C@@H]3O[C@H](CO[C@@H]4O[C@H](CO)[C@@H](O[C@@H]5O[C@@H](C)[C@H](O)[C@@H](O)[C@H]5O)[C@H](O)[C@H]4O)[C@@H](O)[C@H](O)[C@H]3O)CC[C@]3(C)C(=CC[C@@H]4[C@@]5(C)CC[C@H](O)[C@@](C)(C=O)[C@@H]5CC[C@]43C)[C@@H]2C1. The molecule has 65 heavy (non-hydrogen) atoms. The number of rotatable bonds is 9. The molecule has 0 spiro atoms. The molecule has 3 saturated heterocycles. The van der Waals surface area contributed by atoms with E-state index in [0.29, 0.717) is 38.5 Å². The number of esters is 1. The first kappa shape index (κ1) is 49.4. The highest BCUT2D eigenvalue weighted by Crippen LogP contribution is 2.75. The van der Waals surface area contributed by atoms with E-state index in [4.69, 9.17) is 28.4 Å². The molecule has 4 saturated carbocycles. The first-order valence-corrected chi connectivity index (χ1v) is 23.5. The summed E-state index contributed by atoms with van der Waals surface area (Å²) in [6, 6.07) is 0. The summed E-state index contributed by atoms with van der Waals surface area (Å²) in [5, 5.41) is 107. The number of hydrogen-bond acceptors (Lipinski definition) is 18. The van der Waals surface area contributed by atoms with E-state index in [1.807, 2.05) is 6.92 Å². The molecule has 0 bridgehead atoms. The van der Waals surface area contributed by atoms with Crippen LogP contribution < -0.4 is 0 Å². The van der Waals surface area contributed by atoms with Crippen molar-refractivity contribution >= 4 is 12.3 Å². The number of carbonyl (C=O) groups is 2. The van der Waals surface area contributed by atoms with E-state index in [9.17, 15) is 60.7 Å². The molecule has 24 atom stereocenters. The van der Waals surface area contributed by atoms with Gasteiger partial charge < -0.3 is 84.3 Å². The zero-order valence-corrected chi connectivity index (χ0v) is 38.1. The van der Waals surface area contributed by atoms with Crippen molar-refractivity contribution < 1.29 is 89.1 Å². The van der Waals surface area contributed by atoms with Crippen LogP contribution in [-0.2, 0) is 38.0 Å². The second kappa shape index (κ2) is 17.8. The van der Waals surface area contributed by atoms with E-state index >= 15 is 0 Å². The van der Waals surface area contributed by atoms with E-state index in [2.05, 4.69) is 33.4 Å². The molecule has 0 radical (unpaired) electrons. The summed E-state index contributed by atoms with van der Waals surface area (Å²) in [6.07, 6.45) is -15.1. The fourth-order valence-corrected chi connectivity index (χ4v) is 14.3. The van der Waals surface area contributed by atoms with Crippen LogP contribution in [0.25, 0.3) is 0 Å². The Hall–Kier alpha value is -1.98. The molecule has 10 N–H and O–H groups in total. The maximum absolute atomic E-state index is 14.8. The Kier molecular flexibility index (Phi) is 13.5. The molecule has 3 aliphatic heterocycles. The normalized spacial score (nSPS) is 54.5. The standard InChI is InChI=1S/C47H72O18/c1-21-9-14-47(16-15-45(5)23(24(47)17-21)7-8-28-43(3)12-11-29(50)44(4,20-49)27(43)10-13-46(28,45)6)42(59)65-41-36(57)33(54)31(52)26(63-41)19-60-39-37(58)34(55)38(25(18-48)62-39)64-40-35(56)32(53)30(51)22(2)61-40/h7,20,22,24-41,48,50-58H,1,8-19H2,2-6H3/t22-,24-,25+,26+,27+,28+,29-,30-,31+,32+,33-,34+,35+,36+,37+,38+,39+,40-,41-,43-,44-,45+,46+,47-/m0/s1. The van der Waals surface area contributed by atoms with Crippen molar-refractivity contribution in [2.24, 2.45) is 44.8 Å². The number of aldehydes is 1. The number of allylic oxidation sites excluding steroid dienone is 3. The van der Waals surface area contributed by atoms with Crippen molar-refractivity contribution in [1.82, 2.24) is 0 Å². The van der Waals surface area contributed by atoms with Gasteiger partial charge in [-0.25, -0.2) is 0 Å². The quantitative estimate of drug-likeness (QED) is 0.0819. The van der Waals surface area contributed by atoms with Crippen LogP contribution in [0.5, 0.6) is 0 Å². The first-order valence-electron chi connectivity index (χ1n) is 23.5. The Morgan fingerprint density at radius 1 is 0.769 bits per heavy atom. The summed E-state index contributed by atoms with van der Waals surface area (Å²) in [7, 11) is 0. The van der Waals surface area contributed by atoms with Crippen molar-refractivity contribution in [2.75, 3.05) is 13.2 Å². The van der Waals surface area contributed by atoms with Gasteiger partial charge in [-0.3, -0.25) is 4.79 Å². The maximum atomic E-state index is 14.8. The third-order valence-corrected chi connectivity index (χ3v) is 18.6. The van der Waals surface area contributed by atoms with Crippen molar-refractivity contribution in [3.63, 3.8) is 0 Å². The molecular formula is C47H72O18. The van der Waals surface area contributed by atoms with Crippen LogP contribution in [0.1, 0.15) is 98.8 Å². The Morgan fingerprint density at radius 2 is 1.43 bits per heavy atom. The van der Waals surface area contributed by atoms with Gasteiger partial charge >= 0.3 is 5.97 Å². The number of aliphatic hydroxyl groups excluding tert-OH is 10. The predicted molar refractivity (Wildman–Crippen MR) is 225 cm³/mol. The fraction of sp³-hybridized carbons (Fsp3) is 0.872. The van der Waals surface area contributed by atoms with Gasteiger partial charge in [-0.1, -0.05) is 51.5 Å². The Morgan fingerprint density at radius 3 is 2.12 bits per heavy atom. The molecule has 0 unspecified atom stereocenters. The highest BCUT2D eigenvalue weighted by atomic mass is 16.8. The average Bonchev–Trinajstić information content (AvgIpc) is 3.28. The number of hydrogen-bond donors (Lipinski definition) is 10. The number of aliphatic hydroxyl groups is 10. The first-order chi connectivity index (χ1) is 30.5. The van der Waals surface area contributed by atoms with Crippen molar-refractivity contribution in [3.05, 3.63) is 23.8 Å². The van der Waals surface area contributed by atoms with Gasteiger partial charge in [0, 0.05) is 5.92 Å². The highest BCUT2D eigenvalue weighted by molar-refractivity contribution is 5.79. The lowest BCUT2D eigenvalue weighted by Gasteiger charge is -2.70. The zero-order valence-electron chi connectivity index (χ0n) is 38.1. The van der Waals surface area contributed by atoms with Crippen molar-refractivity contribution in [1.29, 1.82) is 0 Å². The number of fused-ring (bicyclic) bond motifs is 7. The minimum atomic E-state index is -1.86. The molecule has 0 amide bonds. The minimum Gasteiger partial charge on any atom is -0.432 e. The number of ether oxygens (including phenoxy) is 6. The molecule has 3 heterocycles. The van der Waals surface area contributed by atoms with Gasteiger partial charge in [0.2, 0.25) is 6.29 Å². The third-order valence-electron chi connectivity index (χ3n) is 18.6. The van der Waals surface area contributed by atoms with E-state index in [1.165, 1.54) is 12.5 Å². The topological polar surface area (TPSA) is 292 Å². The van der Waals surface area contributed by atoms with Gasteiger partial charge in [-0.05, 0) is 99.2 Å². The fourth-order valence-electron chi connectivity index (χ4n) is 14.3. The molecule has 18 nitrogen and oxygen atoms in total. The molecule has 0 aromatic heterocycles. The van der Waals surface area contributed by atoms with E-state index in [0.717, 1.165) is 37.5 Å². The lowest BCUT2D eigenvalue weighted by atomic mass is 9.34. The molecule has 8 rings (SSSR count). The predicted octanol–water partition coefficient (Wildman–Crippen LogP) is -0.123. The van der Waals surface area contributed by atoms with Crippen LogP contribution in [0, 0.1) is 44.8 Å². The molecule has 368 valence electrons. The molecule has 7 fully saturated rings. The maximum Gasteiger partial charge on any atom is 0.315 e. The Balaban J connectivity index is 0.966. The van der Waals surface area contributed by atoms with Crippen LogP contribution in [0.2, 0.25) is 0 Å². The van der Waals surface area contributed by atoms with E-state index in [1.54, 1.807) is 0 Å². The largest absolute Gasteiger partial charge is 0.432 e. The smallest absolute Gasteiger partial charge is 0.315 e. The van der Waals surface area contributed by atoms with Gasteiger partial charge in [-0.2, -0.15) is 0 Å². The van der Waals surface area contributed by atoms with Crippen LogP contribution in [-0.4, -0.2) is 175 Å². The molecule has 0 aromatic carbocycles. The van der Waals surface area contributed by atoms with Crippen LogP contribution in [0.15, 0.2) is 23.8 Å². The molecule has 0 aromatic rings. The van der Waals surface area contributed by atoms with E-state index in [-0.39, 0.29) is 34.0 Å². The third kappa shape index (κ3) is 7.64. The van der Waals surface area contributed by atoms with Crippen LogP contribution in [0.4, 0.5) is 0 Å².